The van der Waals surface area contributed by atoms with E-state index in [2.05, 4.69) is 15.3 Å². The van der Waals surface area contributed by atoms with Crippen molar-refractivity contribution in [3.8, 4) is 22.6 Å². The molecule has 0 aliphatic heterocycles. The van der Waals surface area contributed by atoms with Crippen molar-refractivity contribution in [2.24, 2.45) is 0 Å². The van der Waals surface area contributed by atoms with E-state index in [1.165, 1.54) is 12.1 Å². The zero-order valence-corrected chi connectivity index (χ0v) is 15.9. The highest BCUT2D eigenvalue weighted by Gasteiger charge is 2.18. The van der Waals surface area contributed by atoms with Crippen LogP contribution in [0.15, 0.2) is 66.9 Å². The number of H-pyrrole nitrogens is 1. The van der Waals surface area contributed by atoms with E-state index < -0.39 is 28.9 Å². The van der Waals surface area contributed by atoms with Gasteiger partial charge in [0.15, 0.2) is 17.5 Å². The minimum absolute atomic E-state index is 0.0660. The minimum atomic E-state index is -1.68. The van der Waals surface area contributed by atoms with E-state index >= 15 is 0 Å². The number of halogens is 4. The molecule has 1 heterocycles. The van der Waals surface area contributed by atoms with Crippen LogP contribution in [0.5, 0.6) is 0 Å². The fraction of sp³-hybridized carbons (Fsp3) is 0.0435. The Morgan fingerprint density at radius 1 is 0.839 bits per heavy atom. The Morgan fingerprint density at radius 3 is 2.23 bits per heavy atom. The van der Waals surface area contributed by atoms with Crippen molar-refractivity contribution < 1.29 is 22.4 Å². The number of hydrogen-bond acceptors (Lipinski definition) is 2. The Hall–Kier alpha value is -3.94. The van der Waals surface area contributed by atoms with Gasteiger partial charge in [0.2, 0.25) is 0 Å². The molecule has 0 bridgehead atoms. The number of rotatable bonds is 5. The molecule has 0 radical (unpaired) electrons. The third kappa shape index (κ3) is 4.32. The van der Waals surface area contributed by atoms with Gasteiger partial charge in [0.1, 0.15) is 11.6 Å². The first-order valence-electron chi connectivity index (χ1n) is 9.24. The largest absolute Gasteiger partial charge is 0.348 e. The van der Waals surface area contributed by atoms with Gasteiger partial charge in [-0.25, -0.2) is 22.5 Å². The smallest absolute Gasteiger partial charge is 0.254 e. The van der Waals surface area contributed by atoms with Crippen molar-refractivity contribution in [3.05, 3.63) is 101 Å². The predicted molar refractivity (Wildman–Crippen MR) is 107 cm³/mol. The molecule has 1 amide bonds. The van der Waals surface area contributed by atoms with Gasteiger partial charge in [-0.15, -0.1) is 0 Å². The Bertz CT molecular complexity index is 1230. The molecule has 1 aromatic heterocycles. The average molecular weight is 425 g/mol. The van der Waals surface area contributed by atoms with Gasteiger partial charge in [-0.1, -0.05) is 24.3 Å². The Kier molecular flexibility index (Phi) is 5.53. The second-order valence-electron chi connectivity index (χ2n) is 6.75. The molecule has 0 aliphatic rings. The molecule has 0 saturated heterocycles. The van der Waals surface area contributed by atoms with Gasteiger partial charge in [0.05, 0.1) is 17.5 Å². The van der Waals surface area contributed by atoms with Crippen molar-refractivity contribution in [1.82, 2.24) is 15.3 Å². The summed E-state index contributed by atoms with van der Waals surface area (Å²) in [5, 5.41) is 2.47. The number of aromatic nitrogens is 2. The van der Waals surface area contributed by atoms with Crippen LogP contribution in [0.4, 0.5) is 17.6 Å². The number of hydrogen-bond donors (Lipinski definition) is 2. The maximum absolute atomic E-state index is 13.7. The molecule has 0 spiro atoms. The molecule has 0 saturated carbocycles. The maximum Gasteiger partial charge on any atom is 0.254 e. The standard InChI is InChI=1S/C23H15F4N3O/c24-16-7-5-14(6-8-16)19-12-28-22(30-19)15-3-1-13(2-4-15)11-29-23(31)17-9-10-18(25)21(27)20(17)26/h1-10,12H,11H2,(H,28,30)(H,29,31). The zero-order chi connectivity index (χ0) is 22.0. The van der Waals surface area contributed by atoms with Crippen molar-refractivity contribution >= 4 is 5.91 Å². The fourth-order valence-corrected chi connectivity index (χ4v) is 3.00. The SMILES string of the molecule is O=C(NCc1ccc(-c2ncc(-c3ccc(F)cc3)[nH]2)cc1)c1ccc(F)c(F)c1F. The van der Waals surface area contributed by atoms with Crippen LogP contribution in [0.2, 0.25) is 0 Å². The van der Waals surface area contributed by atoms with E-state index in [1.807, 2.05) is 0 Å². The molecule has 31 heavy (non-hydrogen) atoms. The maximum atomic E-state index is 13.7. The summed E-state index contributed by atoms with van der Waals surface area (Å²) < 4.78 is 53.1. The molecule has 156 valence electrons. The molecule has 0 fully saturated rings. The Morgan fingerprint density at radius 2 is 1.52 bits per heavy atom. The highest BCUT2D eigenvalue weighted by Crippen LogP contribution is 2.23. The number of carbonyl (C=O) groups excluding carboxylic acids is 1. The lowest BCUT2D eigenvalue weighted by molar-refractivity contribution is 0.0945. The van der Waals surface area contributed by atoms with Crippen LogP contribution < -0.4 is 5.32 Å². The Balaban J connectivity index is 1.43. The first-order valence-corrected chi connectivity index (χ1v) is 9.24. The van der Waals surface area contributed by atoms with Gasteiger partial charge in [0.25, 0.3) is 5.91 Å². The highest BCUT2D eigenvalue weighted by molar-refractivity contribution is 5.94. The minimum Gasteiger partial charge on any atom is -0.348 e. The lowest BCUT2D eigenvalue weighted by atomic mass is 10.1. The van der Waals surface area contributed by atoms with Gasteiger partial charge >= 0.3 is 0 Å². The quantitative estimate of drug-likeness (QED) is 0.340. The highest BCUT2D eigenvalue weighted by atomic mass is 19.2. The van der Waals surface area contributed by atoms with Gasteiger partial charge in [-0.3, -0.25) is 4.79 Å². The zero-order valence-electron chi connectivity index (χ0n) is 15.9. The molecule has 4 aromatic rings. The first-order chi connectivity index (χ1) is 14.9. The number of carbonyl (C=O) groups is 1. The molecule has 2 N–H and O–H groups in total. The molecule has 0 aliphatic carbocycles. The monoisotopic (exact) mass is 425 g/mol. The molecule has 4 nitrogen and oxygen atoms in total. The molecule has 4 rings (SSSR count). The van der Waals surface area contributed by atoms with Crippen LogP contribution >= 0.6 is 0 Å². The number of aromatic amines is 1. The van der Waals surface area contributed by atoms with E-state index in [0.717, 1.165) is 22.9 Å². The summed E-state index contributed by atoms with van der Waals surface area (Å²) in [6.07, 6.45) is 1.65. The molecule has 0 unspecified atom stereocenters. The molecular weight excluding hydrogens is 410 g/mol. The summed E-state index contributed by atoms with van der Waals surface area (Å²) in [5.74, 6) is -5.13. The summed E-state index contributed by atoms with van der Waals surface area (Å²) in [7, 11) is 0. The van der Waals surface area contributed by atoms with E-state index in [1.54, 1.807) is 42.6 Å². The van der Waals surface area contributed by atoms with Crippen molar-refractivity contribution in [1.29, 1.82) is 0 Å². The van der Waals surface area contributed by atoms with Gasteiger partial charge < -0.3 is 10.3 Å². The van der Waals surface area contributed by atoms with Crippen LogP contribution in [0.25, 0.3) is 22.6 Å². The van der Waals surface area contributed by atoms with E-state index in [-0.39, 0.29) is 12.4 Å². The van der Waals surface area contributed by atoms with E-state index in [4.69, 9.17) is 0 Å². The number of benzene rings is 3. The van der Waals surface area contributed by atoms with Crippen molar-refractivity contribution in [2.75, 3.05) is 0 Å². The van der Waals surface area contributed by atoms with E-state index in [0.29, 0.717) is 17.5 Å². The third-order valence-electron chi connectivity index (χ3n) is 4.69. The summed E-state index contributed by atoms with van der Waals surface area (Å²) in [4.78, 5) is 19.6. The van der Waals surface area contributed by atoms with Crippen LogP contribution in [0.1, 0.15) is 15.9 Å². The van der Waals surface area contributed by atoms with Crippen molar-refractivity contribution in [3.63, 3.8) is 0 Å². The number of nitrogens with one attached hydrogen (secondary N) is 2. The molecule has 3 aromatic carbocycles. The van der Waals surface area contributed by atoms with Gasteiger partial charge in [0, 0.05) is 12.1 Å². The molecular formula is C23H15F4N3O. The lowest BCUT2D eigenvalue weighted by Crippen LogP contribution is -2.24. The summed E-state index contributed by atoms with van der Waals surface area (Å²) in [6, 6.07) is 14.7. The van der Waals surface area contributed by atoms with Crippen LogP contribution in [0, 0.1) is 23.3 Å². The van der Waals surface area contributed by atoms with Crippen LogP contribution in [0.3, 0.4) is 0 Å². The van der Waals surface area contributed by atoms with Gasteiger partial charge in [-0.2, -0.15) is 0 Å². The molecule has 8 heteroatoms. The summed E-state index contributed by atoms with van der Waals surface area (Å²) >= 11 is 0. The number of amides is 1. The Labute approximate surface area is 174 Å². The predicted octanol–water partition coefficient (Wildman–Crippen LogP) is 5.23. The second kappa shape index (κ2) is 8.43. The second-order valence-corrected chi connectivity index (χ2v) is 6.75. The number of nitrogens with zero attached hydrogens (tertiary/aromatic N) is 1. The molecule has 0 atom stereocenters. The number of imidazole rings is 1. The van der Waals surface area contributed by atoms with Crippen LogP contribution in [-0.2, 0) is 6.54 Å². The van der Waals surface area contributed by atoms with Crippen molar-refractivity contribution in [2.45, 2.75) is 6.54 Å². The third-order valence-corrected chi connectivity index (χ3v) is 4.69. The topological polar surface area (TPSA) is 57.8 Å². The van der Waals surface area contributed by atoms with Gasteiger partial charge in [-0.05, 0) is 47.5 Å². The van der Waals surface area contributed by atoms with E-state index in [9.17, 15) is 22.4 Å². The lowest BCUT2D eigenvalue weighted by Gasteiger charge is -2.08. The average Bonchev–Trinajstić information content (AvgIpc) is 3.27. The summed E-state index contributed by atoms with van der Waals surface area (Å²) in [6.45, 7) is 0.0660. The normalized spacial score (nSPS) is 10.8. The van der Waals surface area contributed by atoms with Crippen LogP contribution in [-0.4, -0.2) is 15.9 Å². The fourth-order valence-electron chi connectivity index (χ4n) is 3.00. The summed E-state index contributed by atoms with van der Waals surface area (Å²) in [5.41, 5.74) is 2.46. The first kappa shape index (κ1) is 20.3.